The van der Waals surface area contributed by atoms with Crippen molar-refractivity contribution in [3.05, 3.63) is 0 Å². The largest absolute Gasteiger partial charge is 0.469 e. The molecule has 0 spiro atoms. The van der Waals surface area contributed by atoms with Crippen LogP contribution in [0.2, 0.25) is 0 Å². The minimum absolute atomic E-state index is 0.205. The number of carbonyl (C=O) groups is 3. The first-order valence-corrected chi connectivity index (χ1v) is 13.4. The first-order chi connectivity index (χ1) is 15.0. The second kappa shape index (κ2) is 16.5. The summed E-state index contributed by atoms with van der Waals surface area (Å²) in [5, 5.41) is 12.0. The van der Waals surface area contributed by atoms with E-state index in [0.29, 0.717) is 24.7 Å². The molecule has 1 rings (SSSR count). The number of carbonyl (C=O) groups excluding carboxylic acids is 3. The Labute approximate surface area is 193 Å². The number of hydrogen-bond donors (Lipinski definition) is 2. The van der Waals surface area contributed by atoms with Gasteiger partial charge in [0.05, 0.1) is 26.1 Å². The van der Waals surface area contributed by atoms with Gasteiger partial charge in [-0.3, -0.25) is 9.59 Å². The quantitative estimate of drug-likeness (QED) is 0.158. The molecular weight excluding hydrogens is 442 g/mol. The lowest BCUT2D eigenvalue weighted by molar-refractivity contribution is -0.154. The van der Waals surface area contributed by atoms with E-state index < -0.39 is 24.5 Å². The summed E-state index contributed by atoms with van der Waals surface area (Å²) in [6, 6.07) is 0. The van der Waals surface area contributed by atoms with Crippen LogP contribution >= 0.6 is 21.6 Å². The van der Waals surface area contributed by atoms with E-state index in [1.54, 1.807) is 0 Å². The zero-order valence-corrected chi connectivity index (χ0v) is 20.3. The topological polar surface area (TPSA) is 111 Å². The van der Waals surface area contributed by atoms with Crippen molar-refractivity contribution in [2.24, 2.45) is 11.3 Å². The van der Waals surface area contributed by atoms with E-state index in [2.05, 4.69) is 17.0 Å². The first kappa shape index (κ1) is 27.9. The summed E-state index contributed by atoms with van der Waals surface area (Å²) in [4.78, 5) is 35.0. The predicted molar refractivity (Wildman–Crippen MR) is 123 cm³/mol. The van der Waals surface area contributed by atoms with Crippen molar-refractivity contribution in [2.75, 3.05) is 45.0 Å². The lowest BCUT2D eigenvalue weighted by atomic mass is 9.71. The Balaban J connectivity index is 2.04. The van der Waals surface area contributed by atoms with Crippen LogP contribution in [0.5, 0.6) is 0 Å². The highest BCUT2D eigenvalue weighted by Gasteiger charge is 2.31. The molecule has 1 amide bonds. The maximum Gasteiger partial charge on any atom is 0.407 e. The molecule has 0 heterocycles. The van der Waals surface area contributed by atoms with Gasteiger partial charge in [-0.25, -0.2) is 4.79 Å². The second-order valence-electron chi connectivity index (χ2n) is 7.77. The van der Waals surface area contributed by atoms with Crippen molar-refractivity contribution in [3.8, 4) is 0 Å². The SMILES string of the molecule is CCCC1(CNC(=O)OCCSSCCOC(=O)CC(CO)C(=O)OC)CCCCC1. The molecule has 1 aliphatic rings. The average Bonchev–Trinajstić information content (AvgIpc) is 2.78. The molecule has 2 N–H and O–H groups in total. The molecule has 31 heavy (non-hydrogen) atoms. The van der Waals surface area contributed by atoms with Gasteiger partial charge < -0.3 is 24.6 Å². The van der Waals surface area contributed by atoms with Crippen molar-refractivity contribution < 1.29 is 33.7 Å². The Bertz CT molecular complexity index is 536. The minimum atomic E-state index is -0.891. The van der Waals surface area contributed by atoms with Gasteiger partial charge in [-0.2, -0.15) is 0 Å². The van der Waals surface area contributed by atoms with Gasteiger partial charge in [0.15, 0.2) is 0 Å². The van der Waals surface area contributed by atoms with Crippen LogP contribution < -0.4 is 5.32 Å². The number of aliphatic hydroxyl groups is 1. The van der Waals surface area contributed by atoms with Crippen molar-refractivity contribution in [3.63, 3.8) is 0 Å². The van der Waals surface area contributed by atoms with E-state index in [4.69, 9.17) is 14.6 Å². The normalized spacial score (nSPS) is 16.2. The monoisotopic (exact) mass is 479 g/mol. The maximum atomic E-state index is 12.0. The van der Waals surface area contributed by atoms with Gasteiger partial charge in [-0.05, 0) is 24.7 Å². The van der Waals surface area contributed by atoms with Gasteiger partial charge in [-0.1, -0.05) is 54.2 Å². The summed E-state index contributed by atoms with van der Waals surface area (Å²) >= 11 is 0. The molecule has 8 nitrogen and oxygen atoms in total. The average molecular weight is 480 g/mol. The number of nitrogens with one attached hydrogen (secondary N) is 1. The number of methoxy groups -OCH3 is 1. The smallest absolute Gasteiger partial charge is 0.407 e. The number of ether oxygens (including phenoxy) is 3. The third kappa shape index (κ3) is 11.9. The molecule has 1 aliphatic carbocycles. The van der Waals surface area contributed by atoms with Crippen LogP contribution in [-0.2, 0) is 23.8 Å². The highest BCUT2D eigenvalue weighted by molar-refractivity contribution is 8.76. The zero-order chi connectivity index (χ0) is 23.0. The summed E-state index contributed by atoms with van der Waals surface area (Å²) in [7, 11) is 4.25. The van der Waals surface area contributed by atoms with Gasteiger partial charge in [0.25, 0.3) is 0 Å². The summed E-state index contributed by atoms with van der Waals surface area (Å²) in [5.74, 6) is -0.857. The van der Waals surface area contributed by atoms with Crippen LogP contribution in [0.3, 0.4) is 0 Å². The molecule has 0 aromatic heterocycles. The fourth-order valence-electron chi connectivity index (χ4n) is 3.78. The van der Waals surface area contributed by atoms with Crippen LogP contribution in [-0.4, -0.2) is 68.1 Å². The van der Waals surface area contributed by atoms with Crippen molar-refractivity contribution in [1.29, 1.82) is 0 Å². The fraction of sp³-hybridized carbons (Fsp3) is 0.857. The predicted octanol–water partition coefficient (Wildman–Crippen LogP) is 3.56. The van der Waals surface area contributed by atoms with Gasteiger partial charge in [-0.15, -0.1) is 0 Å². The Kier molecular flexibility index (Phi) is 14.8. The van der Waals surface area contributed by atoms with Crippen molar-refractivity contribution in [2.45, 2.75) is 58.3 Å². The number of alkyl carbamates (subject to hydrolysis) is 1. The molecule has 0 saturated heterocycles. The molecule has 1 saturated carbocycles. The van der Waals surface area contributed by atoms with Crippen molar-refractivity contribution >= 4 is 39.6 Å². The van der Waals surface area contributed by atoms with Crippen LogP contribution in [0.4, 0.5) is 4.79 Å². The van der Waals surface area contributed by atoms with Crippen LogP contribution in [0.25, 0.3) is 0 Å². The van der Waals surface area contributed by atoms with Gasteiger partial charge >= 0.3 is 18.0 Å². The summed E-state index contributed by atoms with van der Waals surface area (Å²) in [6.07, 6.45) is 7.86. The molecular formula is C21H37NO7S2. The number of aliphatic hydroxyl groups excluding tert-OH is 1. The lowest BCUT2D eigenvalue weighted by Gasteiger charge is -2.37. The highest BCUT2D eigenvalue weighted by atomic mass is 33.1. The van der Waals surface area contributed by atoms with E-state index in [1.807, 2.05) is 0 Å². The standard InChI is InChI=1S/C21H37NO7S2/c1-3-7-21(8-5-4-6-9-21)16-22-20(26)29-11-13-31-30-12-10-28-18(24)14-17(15-23)19(25)27-2/h17,23H,3-16H2,1-2H3,(H,22,26). The molecule has 0 aromatic rings. The Hall–Kier alpha value is -1.13. The molecule has 0 aliphatic heterocycles. The molecule has 0 bridgehead atoms. The highest BCUT2D eigenvalue weighted by Crippen LogP contribution is 2.39. The Morgan fingerprint density at radius 2 is 1.71 bits per heavy atom. The lowest BCUT2D eigenvalue weighted by Crippen LogP contribution is -2.39. The number of hydrogen-bond acceptors (Lipinski definition) is 9. The zero-order valence-electron chi connectivity index (χ0n) is 18.7. The van der Waals surface area contributed by atoms with E-state index in [-0.39, 0.29) is 24.5 Å². The van der Waals surface area contributed by atoms with Gasteiger partial charge in [0.2, 0.25) is 0 Å². The first-order valence-electron chi connectivity index (χ1n) is 11.0. The van der Waals surface area contributed by atoms with Crippen LogP contribution in [0.15, 0.2) is 0 Å². The number of esters is 2. The van der Waals surface area contributed by atoms with Gasteiger partial charge in [0, 0.05) is 18.1 Å². The van der Waals surface area contributed by atoms with Crippen molar-refractivity contribution in [1.82, 2.24) is 5.32 Å². The summed E-state index contributed by atoms with van der Waals surface area (Å²) in [5.41, 5.74) is 0.238. The van der Waals surface area contributed by atoms with E-state index in [9.17, 15) is 14.4 Å². The molecule has 1 atom stereocenters. The third-order valence-electron chi connectivity index (χ3n) is 5.38. The fourth-order valence-corrected chi connectivity index (χ4v) is 5.44. The number of amides is 1. The Morgan fingerprint density at radius 1 is 1.06 bits per heavy atom. The maximum absolute atomic E-state index is 12.0. The Morgan fingerprint density at radius 3 is 2.29 bits per heavy atom. The van der Waals surface area contributed by atoms with Crippen LogP contribution in [0.1, 0.15) is 58.3 Å². The third-order valence-corrected chi connectivity index (χ3v) is 7.72. The molecule has 1 fully saturated rings. The number of rotatable bonds is 15. The second-order valence-corrected chi connectivity index (χ2v) is 10.5. The summed E-state index contributed by atoms with van der Waals surface area (Å²) in [6.45, 7) is 2.95. The molecule has 0 aromatic carbocycles. The minimum Gasteiger partial charge on any atom is -0.469 e. The van der Waals surface area contributed by atoms with E-state index >= 15 is 0 Å². The van der Waals surface area contributed by atoms with E-state index in [0.717, 1.165) is 12.8 Å². The summed E-state index contributed by atoms with van der Waals surface area (Å²) < 4.78 is 14.8. The molecule has 1 unspecified atom stereocenters. The van der Waals surface area contributed by atoms with Crippen LogP contribution in [0, 0.1) is 11.3 Å². The molecule has 180 valence electrons. The van der Waals surface area contributed by atoms with E-state index in [1.165, 1.54) is 60.8 Å². The van der Waals surface area contributed by atoms with Gasteiger partial charge in [0.1, 0.15) is 13.2 Å². The molecule has 0 radical (unpaired) electrons. The molecule has 10 heteroatoms.